The summed E-state index contributed by atoms with van der Waals surface area (Å²) in [6, 6.07) is 10.5. The lowest BCUT2D eigenvalue weighted by atomic mass is 9.82. The first-order valence-electron chi connectivity index (χ1n) is 14.8. The average Bonchev–Trinajstić information content (AvgIpc) is 3.32. The van der Waals surface area contributed by atoms with Gasteiger partial charge in [0.15, 0.2) is 0 Å². The van der Waals surface area contributed by atoms with E-state index in [-0.39, 0.29) is 23.8 Å². The van der Waals surface area contributed by atoms with Crippen LogP contribution in [-0.4, -0.2) is 71.3 Å². The van der Waals surface area contributed by atoms with Gasteiger partial charge in [-0.15, -0.1) is 0 Å². The molecule has 0 bridgehead atoms. The number of rotatable bonds is 4. The van der Waals surface area contributed by atoms with Gasteiger partial charge in [-0.2, -0.15) is 13.2 Å². The minimum absolute atomic E-state index is 0.0220. The van der Waals surface area contributed by atoms with Gasteiger partial charge in [0.05, 0.1) is 5.56 Å². The molecule has 224 valence electrons. The second-order valence-electron chi connectivity index (χ2n) is 12.9. The van der Waals surface area contributed by atoms with E-state index in [2.05, 4.69) is 4.90 Å². The Hall–Kier alpha value is -2.81. The summed E-state index contributed by atoms with van der Waals surface area (Å²) >= 11 is 0. The highest BCUT2D eigenvalue weighted by molar-refractivity contribution is 5.87. The molecule has 1 aliphatic carbocycles. The highest BCUT2D eigenvalue weighted by atomic mass is 19.4. The number of nitrogens with zero attached hydrogens (tertiary/aromatic N) is 3. The number of carbonyl (C=O) groups is 1. The van der Waals surface area contributed by atoms with Crippen molar-refractivity contribution in [2.45, 2.75) is 82.1 Å². The van der Waals surface area contributed by atoms with Gasteiger partial charge in [0.1, 0.15) is 5.75 Å². The van der Waals surface area contributed by atoms with E-state index in [0.29, 0.717) is 38.3 Å². The van der Waals surface area contributed by atoms with Crippen LogP contribution in [0, 0.1) is 0 Å². The highest BCUT2D eigenvalue weighted by Crippen LogP contribution is 2.44. The normalized spacial score (nSPS) is 25.1. The molecule has 0 aromatic heterocycles. The third kappa shape index (κ3) is 6.06. The molecule has 1 saturated carbocycles. The summed E-state index contributed by atoms with van der Waals surface area (Å²) in [6.45, 7) is 7.83. The Balaban J connectivity index is 1.36. The van der Waals surface area contributed by atoms with Crippen LogP contribution in [0.25, 0.3) is 0 Å². The van der Waals surface area contributed by atoms with E-state index >= 15 is 4.39 Å². The van der Waals surface area contributed by atoms with Crippen molar-refractivity contribution in [1.82, 2.24) is 9.80 Å². The van der Waals surface area contributed by atoms with Crippen LogP contribution in [0.15, 0.2) is 42.5 Å². The Morgan fingerprint density at radius 2 is 1.56 bits per heavy atom. The third-order valence-electron chi connectivity index (χ3n) is 9.28. The zero-order valence-electron chi connectivity index (χ0n) is 24.2. The minimum Gasteiger partial charge on any atom is -0.508 e. The van der Waals surface area contributed by atoms with Crippen molar-refractivity contribution in [1.29, 1.82) is 0 Å². The number of phenols is 1. The number of piperazine rings is 1. The standard InChI is InChI=1S/C32H41F4N3O2/c1-30(2,3)39-20-27(23-9-12-25(40)13-10-23)31(33,21-39)29(41)38-17-15-37(16-18-38)28-14-11-24(32(34,35)36)19-26(28)22-7-5-4-6-8-22/h9-14,19,22,27,40H,4-8,15-18,20-21H2,1-3H3/t27-,31-/m0/s1. The summed E-state index contributed by atoms with van der Waals surface area (Å²) in [6.07, 6.45) is 0.469. The number of hydrogen-bond acceptors (Lipinski definition) is 4. The molecule has 3 aliphatic rings. The lowest BCUT2D eigenvalue weighted by Crippen LogP contribution is -2.57. The molecule has 2 aromatic carbocycles. The van der Waals surface area contributed by atoms with E-state index in [1.54, 1.807) is 23.1 Å². The quantitative estimate of drug-likeness (QED) is 0.412. The van der Waals surface area contributed by atoms with Crippen molar-refractivity contribution >= 4 is 11.6 Å². The molecule has 2 saturated heterocycles. The molecule has 2 atom stereocenters. The van der Waals surface area contributed by atoms with Gasteiger partial charge < -0.3 is 14.9 Å². The third-order valence-corrected chi connectivity index (χ3v) is 9.28. The monoisotopic (exact) mass is 575 g/mol. The Kier molecular flexibility index (Phi) is 8.05. The minimum atomic E-state index is -4.40. The van der Waals surface area contributed by atoms with Crippen molar-refractivity contribution in [2.24, 2.45) is 0 Å². The van der Waals surface area contributed by atoms with Crippen molar-refractivity contribution < 1.29 is 27.5 Å². The lowest BCUT2D eigenvalue weighted by molar-refractivity contribution is -0.144. The number of likely N-dealkylation sites (tertiary alicyclic amines) is 1. The first kappa shape index (κ1) is 29.7. The van der Waals surface area contributed by atoms with Gasteiger partial charge in [-0.1, -0.05) is 31.4 Å². The SMILES string of the molecule is CC(C)(C)N1C[C@@H](c2ccc(O)cc2)[C@](F)(C(=O)N2CCN(c3ccc(C(F)(F)F)cc3C3CCCCC3)CC2)C1. The molecule has 2 aromatic rings. The Labute approximate surface area is 240 Å². The molecule has 5 rings (SSSR count). The number of anilines is 1. The van der Waals surface area contributed by atoms with E-state index in [4.69, 9.17) is 0 Å². The van der Waals surface area contributed by atoms with Gasteiger partial charge in [0.25, 0.3) is 5.91 Å². The van der Waals surface area contributed by atoms with Crippen molar-refractivity contribution in [3.05, 3.63) is 59.2 Å². The summed E-state index contributed by atoms with van der Waals surface area (Å²) in [4.78, 5) is 19.5. The smallest absolute Gasteiger partial charge is 0.416 e. The van der Waals surface area contributed by atoms with Gasteiger partial charge in [-0.05, 0) is 81.0 Å². The number of halogens is 4. The fourth-order valence-electron chi connectivity index (χ4n) is 6.79. The van der Waals surface area contributed by atoms with Crippen LogP contribution in [-0.2, 0) is 11.0 Å². The van der Waals surface area contributed by atoms with Crippen LogP contribution in [0.4, 0.5) is 23.2 Å². The number of hydrogen-bond donors (Lipinski definition) is 1. The van der Waals surface area contributed by atoms with Gasteiger partial charge in [0.2, 0.25) is 5.67 Å². The molecule has 41 heavy (non-hydrogen) atoms. The van der Waals surface area contributed by atoms with Gasteiger partial charge in [-0.25, -0.2) is 4.39 Å². The molecule has 3 fully saturated rings. The molecule has 2 heterocycles. The molecular weight excluding hydrogens is 534 g/mol. The van der Waals surface area contributed by atoms with Gasteiger partial charge in [0, 0.05) is 56.4 Å². The van der Waals surface area contributed by atoms with Crippen molar-refractivity contribution in [2.75, 3.05) is 44.2 Å². The number of alkyl halides is 4. The first-order valence-corrected chi connectivity index (χ1v) is 14.8. The van der Waals surface area contributed by atoms with Gasteiger partial charge in [-0.3, -0.25) is 9.69 Å². The Bertz CT molecular complexity index is 1230. The van der Waals surface area contributed by atoms with Crippen LogP contribution in [0.3, 0.4) is 0 Å². The molecule has 0 radical (unpaired) electrons. The number of phenolic OH excluding ortho intramolecular Hbond substituents is 1. The summed E-state index contributed by atoms with van der Waals surface area (Å²) in [5.74, 6) is -1.05. The summed E-state index contributed by atoms with van der Waals surface area (Å²) in [5.41, 5.74) is -0.876. The maximum Gasteiger partial charge on any atom is 0.416 e. The number of aromatic hydroxyl groups is 1. The zero-order valence-corrected chi connectivity index (χ0v) is 24.2. The summed E-state index contributed by atoms with van der Waals surface area (Å²) in [7, 11) is 0. The zero-order chi connectivity index (χ0) is 29.6. The van der Waals surface area contributed by atoms with Crippen LogP contribution in [0.1, 0.15) is 81.4 Å². The van der Waals surface area contributed by atoms with E-state index in [0.717, 1.165) is 49.4 Å². The molecule has 2 aliphatic heterocycles. The molecule has 0 spiro atoms. The van der Waals surface area contributed by atoms with Crippen LogP contribution < -0.4 is 4.90 Å². The summed E-state index contributed by atoms with van der Waals surface area (Å²) < 4.78 is 57.8. The highest BCUT2D eigenvalue weighted by Gasteiger charge is 2.57. The summed E-state index contributed by atoms with van der Waals surface area (Å²) in [5, 5.41) is 9.76. The molecule has 5 nitrogen and oxygen atoms in total. The van der Waals surface area contributed by atoms with Gasteiger partial charge >= 0.3 is 6.18 Å². The molecule has 1 amide bonds. The maximum atomic E-state index is 17.0. The van der Waals surface area contributed by atoms with E-state index in [1.165, 1.54) is 18.2 Å². The fourth-order valence-corrected chi connectivity index (χ4v) is 6.79. The molecule has 9 heteroatoms. The average molecular weight is 576 g/mol. The van der Waals surface area contributed by atoms with Crippen molar-refractivity contribution in [3.8, 4) is 5.75 Å². The topological polar surface area (TPSA) is 47.0 Å². The second kappa shape index (κ2) is 11.1. The largest absolute Gasteiger partial charge is 0.508 e. The van der Waals surface area contributed by atoms with Crippen LogP contribution in [0.2, 0.25) is 0 Å². The molecule has 1 N–H and O–H groups in total. The Morgan fingerprint density at radius 3 is 2.15 bits per heavy atom. The van der Waals surface area contributed by atoms with E-state index < -0.39 is 29.2 Å². The second-order valence-corrected chi connectivity index (χ2v) is 12.9. The van der Waals surface area contributed by atoms with Crippen molar-refractivity contribution in [3.63, 3.8) is 0 Å². The van der Waals surface area contributed by atoms with Crippen LogP contribution in [0.5, 0.6) is 5.75 Å². The lowest BCUT2D eigenvalue weighted by Gasteiger charge is -2.41. The molecular formula is C32H41F4N3O2. The first-order chi connectivity index (χ1) is 19.3. The Morgan fingerprint density at radius 1 is 0.927 bits per heavy atom. The number of carbonyl (C=O) groups excluding carboxylic acids is 1. The molecule has 0 unspecified atom stereocenters. The van der Waals surface area contributed by atoms with E-state index in [9.17, 15) is 23.1 Å². The van der Waals surface area contributed by atoms with E-state index in [1.807, 2.05) is 25.7 Å². The maximum absolute atomic E-state index is 17.0. The number of benzene rings is 2. The fraction of sp³-hybridized carbons (Fsp3) is 0.594. The predicted octanol–water partition coefficient (Wildman–Crippen LogP) is 6.71. The predicted molar refractivity (Wildman–Crippen MR) is 152 cm³/mol. The van der Waals surface area contributed by atoms with Crippen LogP contribution >= 0.6 is 0 Å². The number of amides is 1.